The van der Waals surface area contributed by atoms with Crippen molar-refractivity contribution < 1.29 is 8.42 Å². The van der Waals surface area contributed by atoms with Crippen LogP contribution in [0.15, 0.2) is 12.3 Å². The van der Waals surface area contributed by atoms with Gasteiger partial charge in [0.25, 0.3) is 0 Å². The molecule has 0 N–H and O–H groups in total. The van der Waals surface area contributed by atoms with Gasteiger partial charge in [0.1, 0.15) is 5.82 Å². The van der Waals surface area contributed by atoms with Gasteiger partial charge in [-0.2, -0.15) is 4.98 Å². The van der Waals surface area contributed by atoms with Gasteiger partial charge in [0, 0.05) is 32.9 Å². The van der Waals surface area contributed by atoms with Gasteiger partial charge >= 0.3 is 0 Å². The molecular weight excluding hydrogens is 288 g/mol. The molecule has 1 aliphatic rings. The Morgan fingerprint density at radius 3 is 2.76 bits per heavy atom. The molecule has 6 nitrogen and oxygen atoms in total. The molecule has 0 bridgehead atoms. The molecule has 1 saturated heterocycles. The van der Waals surface area contributed by atoms with Crippen LogP contribution in [0.4, 0.5) is 11.8 Å². The van der Waals surface area contributed by atoms with Gasteiger partial charge < -0.3 is 9.80 Å². The highest BCUT2D eigenvalue weighted by Gasteiger charge is 2.31. The van der Waals surface area contributed by atoms with Crippen molar-refractivity contribution in [3.8, 4) is 0 Å². The Morgan fingerprint density at radius 1 is 1.38 bits per heavy atom. The summed E-state index contributed by atoms with van der Waals surface area (Å²) in [5.41, 5.74) is 0. The van der Waals surface area contributed by atoms with Gasteiger partial charge in [-0.15, -0.1) is 0 Å². The van der Waals surface area contributed by atoms with E-state index >= 15 is 0 Å². The normalized spacial score (nSPS) is 20.4. The van der Waals surface area contributed by atoms with Crippen molar-refractivity contribution in [2.45, 2.75) is 32.2 Å². The van der Waals surface area contributed by atoms with Crippen molar-refractivity contribution >= 4 is 21.6 Å². The molecular formula is C14H24N4O2S. The summed E-state index contributed by atoms with van der Waals surface area (Å²) >= 11 is 0. The van der Waals surface area contributed by atoms with Gasteiger partial charge in [-0.05, 0) is 18.9 Å². The Hall–Kier alpha value is -1.37. The number of nitrogens with zero attached hydrogens (tertiary/aromatic N) is 4. The smallest absolute Gasteiger partial charge is 0.226 e. The molecule has 21 heavy (non-hydrogen) atoms. The van der Waals surface area contributed by atoms with Crippen molar-refractivity contribution in [2.24, 2.45) is 0 Å². The maximum absolute atomic E-state index is 11.6. The van der Waals surface area contributed by atoms with E-state index in [1.54, 1.807) is 6.20 Å². The summed E-state index contributed by atoms with van der Waals surface area (Å²) in [7, 11) is 1.00. The summed E-state index contributed by atoms with van der Waals surface area (Å²) in [6.07, 6.45) is 4.63. The molecule has 0 aromatic carbocycles. The molecule has 1 atom stereocenters. The number of rotatable bonds is 6. The maximum Gasteiger partial charge on any atom is 0.226 e. The van der Waals surface area contributed by atoms with Gasteiger partial charge in [0.2, 0.25) is 5.95 Å². The van der Waals surface area contributed by atoms with Crippen molar-refractivity contribution in [3.05, 3.63) is 12.3 Å². The average molecular weight is 312 g/mol. The number of hydrogen-bond acceptors (Lipinski definition) is 6. The van der Waals surface area contributed by atoms with E-state index in [4.69, 9.17) is 0 Å². The SMILES string of the molecule is CCCCN(C)c1nccc(N(C)C2CCS(=O)(=O)C2)n1. The first kappa shape index (κ1) is 16.0. The van der Waals surface area contributed by atoms with E-state index in [0.717, 1.165) is 25.2 Å². The molecule has 1 fully saturated rings. The Labute approximate surface area is 127 Å². The van der Waals surface area contributed by atoms with Gasteiger partial charge in [-0.3, -0.25) is 0 Å². The number of aromatic nitrogens is 2. The highest BCUT2D eigenvalue weighted by Crippen LogP contribution is 2.22. The summed E-state index contributed by atoms with van der Waals surface area (Å²) in [6, 6.07) is 1.85. The van der Waals surface area contributed by atoms with Crippen molar-refractivity contribution in [1.82, 2.24) is 9.97 Å². The Morgan fingerprint density at radius 2 is 2.14 bits per heavy atom. The summed E-state index contributed by atoms with van der Waals surface area (Å²) in [4.78, 5) is 12.9. The Bertz CT molecular complexity index is 576. The van der Waals surface area contributed by atoms with Crippen molar-refractivity contribution in [3.63, 3.8) is 0 Å². The van der Waals surface area contributed by atoms with Gasteiger partial charge in [0.15, 0.2) is 9.84 Å². The highest BCUT2D eigenvalue weighted by molar-refractivity contribution is 7.91. The van der Waals surface area contributed by atoms with Crippen LogP contribution >= 0.6 is 0 Å². The lowest BCUT2D eigenvalue weighted by Gasteiger charge is -2.25. The third-order valence-electron chi connectivity index (χ3n) is 3.93. The van der Waals surface area contributed by atoms with Crippen LogP contribution in [0.25, 0.3) is 0 Å². The molecule has 2 rings (SSSR count). The second-order valence-corrected chi connectivity index (χ2v) is 7.89. The van der Waals surface area contributed by atoms with Crippen LogP contribution in [-0.2, 0) is 9.84 Å². The predicted molar refractivity (Wildman–Crippen MR) is 85.7 cm³/mol. The monoisotopic (exact) mass is 312 g/mol. The van der Waals surface area contributed by atoms with Crippen LogP contribution in [0.3, 0.4) is 0 Å². The van der Waals surface area contributed by atoms with Crippen LogP contribution in [0.1, 0.15) is 26.2 Å². The first-order valence-electron chi connectivity index (χ1n) is 7.40. The van der Waals surface area contributed by atoms with Crippen LogP contribution in [0.2, 0.25) is 0 Å². The third kappa shape index (κ3) is 4.06. The topological polar surface area (TPSA) is 66.4 Å². The lowest BCUT2D eigenvalue weighted by molar-refractivity contribution is 0.600. The minimum atomic E-state index is -2.88. The zero-order valence-electron chi connectivity index (χ0n) is 13.0. The van der Waals surface area contributed by atoms with Crippen molar-refractivity contribution in [2.75, 3.05) is 41.9 Å². The van der Waals surface area contributed by atoms with Crippen LogP contribution < -0.4 is 9.80 Å². The molecule has 0 radical (unpaired) electrons. The van der Waals surface area contributed by atoms with Gasteiger partial charge in [0.05, 0.1) is 11.5 Å². The predicted octanol–water partition coefficient (Wildman–Crippen LogP) is 1.34. The molecule has 0 spiro atoms. The average Bonchev–Trinajstić information content (AvgIpc) is 2.84. The van der Waals surface area contributed by atoms with E-state index in [1.807, 2.05) is 30.0 Å². The van der Waals surface area contributed by atoms with Crippen molar-refractivity contribution in [1.29, 1.82) is 0 Å². The summed E-state index contributed by atoms with van der Waals surface area (Å²) in [5.74, 6) is 1.96. The maximum atomic E-state index is 11.6. The minimum absolute atomic E-state index is 0.0127. The molecule has 0 amide bonds. The standard InChI is InChI=1S/C14H24N4O2S/c1-4-5-9-17(2)14-15-8-6-13(16-14)18(3)12-7-10-21(19,20)11-12/h6,8,12H,4-5,7,9-11H2,1-3H3. The fourth-order valence-corrected chi connectivity index (χ4v) is 4.26. The molecule has 7 heteroatoms. The first-order chi connectivity index (χ1) is 9.93. The lowest BCUT2D eigenvalue weighted by atomic mass is 10.2. The van der Waals surface area contributed by atoms with E-state index in [9.17, 15) is 8.42 Å². The second kappa shape index (κ2) is 6.60. The lowest BCUT2D eigenvalue weighted by Crippen LogP contribution is -2.33. The number of unbranched alkanes of at least 4 members (excludes halogenated alkanes) is 1. The van der Waals surface area contributed by atoms with E-state index in [2.05, 4.69) is 16.9 Å². The zero-order valence-corrected chi connectivity index (χ0v) is 13.8. The molecule has 118 valence electrons. The molecule has 0 saturated carbocycles. The quantitative estimate of drug-likeness (QED) is 0.789. The second-order valence-electron chi connectivity index (χ2n) is 5.66. The van der Waals surface area contributed by atoms with Gasteiger partial charge in [-0.25, -0.2) is 13.4 Å². The number of sulfone groups is 1. The Balaban J connectivity index is 2.10. The summed E-state index contributed by atoms with van der Waals surface area (Å²) in [6.45, 7) is 3.07. The summed E-state index contributed by atoms with van der Waals surface area (Å²) < 4.78 is 23.2. The molecule has 1 aliphatic heterocycles. The molecule has 1 unspecified atom stereocenters. The number of anilines is 2. The fourth-order valence-electron chi connectivity index (χ4n) is 2.48. The van der Waals surface area contributed by atoms with E-state index in [1.165, 1.54) is 0 Å². The number of hydrogen-bond donors (Lipinski definition) is 0. The Kier molecular flexibility index (Phi) is 5.03. The minimum Gasteiger partial charge on any atom is -0.355 e. The van der Waals surface area contributed by atoms with Crippen LogP contribution in [-0.4, -0.2) is 56.6 Å². The third-order valence-corrected chi connectivity index (χ3v) is 5.68. The van der Waals surface area contributed by atoms with Crippen LogP contribution in [0.5, 0.6) is 0 Å². The van der Waals surface area contributed by atoms with E-state index in [-0.39, 0.29) is 17.5 Å². The van der Waals surface area contributed by atoms with E-state index in [0.29, 0.717) is 12.4 Å². The molecule has 1 aromatic heterocycles. The summed E-state index contributed by atoms with van der Waals surface area (Å²) in [5, 5.41) is 0. The first-order valence-corrected chi connectivity index (χ1v) is 9.22. The fraction of sp³-hybridized carbons (Fsp3) is 0.714. The zero-order chi connectivity index (χ0) is 15.5. The van der Waals surface area contributed by atoms with Crippen LogP contribution in [0, 0.1) is 0 Å². The molecule has 1 aromatic rings. The molecule has 0 aliphatic carbocycles. The largest absolute Gasteiger partial charge is 0.355 e. The molecule has 2 heterocycles. The van der Waals surface area contributed by atoms with E-state index < -0.39 is 9.84 Å². The van der Waals surface area contributed by atoms with Gasteiger partial charge in [-0.1, -0.05) is 13.3 Å². The highest BCUT2D eigenvalue weighted by atomic mass is 32.2.